The normalized spacial score (nSPS) is 23.2. The van der Waals surface area contributed by atoms with Gasteiger partial charge in [0, 0.05) is 12.2 Å². The van der Waals surface area contributed by atoms with Crippen molar-refractivity contribution in [2.75, 3.05) is 13.2 Å². The van der Waals surface area contributed by atoms with Gasteiger partial charge in [-0.3, -0.25) is 4.98 Å². The van der Waals surface area contributed by atoms with E-state index in [0.29, 0.717) is 6.04 Å². The van der Waals surface area contributed by atoms with Gasteiger partial charge in [0.15, 0.2) is 0 Å². The molecular weight excluding hydrogens is 260 g/mol. The molecule has 0 amide bonds. The summed E-state index contributed by atoms with van der Waals surface area (Å²) in [5.74, 6) is 2.55. The Morgan fingerprint density at radius 2 is 2.14 bits per heavy atom. The van der Waals surface area contributed by atoms with Crippen molar-refractivity contribution in [3.63, 3.8) is 0 Å². The molecule has 1 aromatic heterocycles. The Hall–Kier alpha value is -1.09. The molecule has 0 aromatic carbocycles. The molecule has 1 N–H and O–H groups in total. The number of rotatable bonds is 8. The van der Waals surface area contributed by atoms with Crippen LogP contribution in [-0.2, 0) is 0 Å². The minimum absolute atomic E-state index is 0.421. The first kappa shape index (κ1) is 16.3. The van der Waals surface area contributed by atoms with Crippen molar-refractivity contribution in [1.29, 1.82) is 0 Å². The summed E-state index contributed by atoms with van der Waals surface area (Å²) in [6.07, 6.45) is 10.2. The third-order valence-electron chi connectivity index (χ3n) is 4.62. The molecule has 0 radical (unpaired) electrons. The summed E-state index contributed by atoms with van der Waals surface area (Å²) in [6, 6.07) is 2.60. The summed E-state index contributed by atoms with van der Waals surface area (Å²) in [6.45, 7) is 8.39. The van der Waals surface area contributed by atoms with Crippen LogP contribution in [0, 0.1) is 11.8 Å². The maximum atomic E-state index is 5.74. The molecule has 0 bridgehead atoms. The van der Waals surface area contributed by atoms with Crippen LogP contribution >= 0.6 is 0 Å². The second-order valence-corrected chi connectivity index (χ2v) is 6.19. The molecule has 0 aliphatic heterocycles. The van der Waals surface area contributed by atoms with Crippen molar-refractivity contribution >= 4 is 0 Å². The first-order chi connectivity index (χ1) is 10.3. The maximum Gasteiger partial charge on any atom is 0.137 e. The molecule has 1 saturated carbocycles. The number of aromatic nitrogens is 1. The van der Waals surface area contributed by atoms with Crippen LogP contribution in [0.1, 0.15) is 64.5 Å². The first-order valence-corrected chi connectivity index (χ1v) is 8.59. The molecule has 1 aliphatic carbocycles. The van der Waals surface area contributed by atoms with Crippen molar-refractivity contribution in [1.82, 2.24) is 10.3 Å². The van der Waals surface area contributed by atoms with Crippen LogP contribution in [0.15, 0.2) is 18.5 Å². The Labute approximate surface area is 129 Å². The van der Waals surface area contributed by atoms with Crippen molar-refractivity contribution in [2.45, 2.75) is 58.9 Å². The molecule has 118 valence electrons. The molecular formula is C18H30N2O. The summed E-state index contributed by atoms with van der Waals surface area (Å²) in [4.78, 5) is 4.39. The Morgan fingerprint density at radius 3 is 2.81 bits per heavy atom. The van der Waals surface area contributed by atoms with Crippen LogP contribution in [0.4, 0.5) is 0 Å². The second-order valence-electron chi connectivity index (χ2n) is 6.19. The number of nitrogens with one attached hydrogen (secondary N) is 1. The topological polar surface area (TPSA) is 34.1 Å². The van der Waals surface area contributed by atoms with Crippen LogP contribution in [0.5, 0.6) is 5.75 Å². The van der Waals surface area contributed by atoms with E-state index < -0.39 is 0 Å². The Kier molecular flexibility index (Phi) is 6.50. The zero-order valence-electron chi connectivity index (χ0n) is 13.8. The summed E-state index contributed by atoms with van der Waals surface area (Å²) in [5, 5.41) is 3.67. The quantitative estimate of drug-likeness (QED) is 0.773. The highest BCUT2D eigenvalue weighted by Crippen LogP contribution is 2.40. The standard InChI is InChI=1S/C18H30N2O/c1-4-9-21-17-11-16(12-19-13-17)18(20-6-3)15-8-7-14(5-2)10-15/h11-15,18,20H,4-10H2,1-3H3. The predicted octanol–water partition coefficient (Wildman–Crippen LogP) is 4.35. The average Bonchev–Trinajstić information content (AvgIpc) is 2.99. The van der Waals surface area contributed by atoms with Crippen molar-refractivity contribution in [2.24, 2.45) is 11.8 Å². The number of nitrogens with zero attached hydrogens (tertiary/aromatic N) is 1. The lowest BCUT2D eigenvalue weighted by molar-refractivity contribution is 0.313. The van der Waals surface area contributed by atoms with E-state index in [0.717, 1.165) is 37.2 Å². The van der Waals surface area contributed by atoms with E-state index in [1.54, 1.807) is 0 Å². The highest BCUT2D eigenvalue weighted by Gasteiger charge is 2.30. The molecule has 1 heterocycles. The zero-order valence-corrected chi connectivity index (χ0v) is 13.8. The number of hydrogen-bond acceptors (Lipinski definition) is 3. The van der Waals surface area contributed by atoms with Gasteiger partial charge in [0.25, 0.3) is 0 Å². The highest BCUT2D eigenvalue weighted by atomic mass is 16.5. The molecule has 1 aliphatic rings. The van der Waals surface area contributed by atoms with Gasteiger partial charge in [0.05, 0.1) is 12.8 Å². The Bertz CT molecular complexity index is 421. The van der Waals surface area contributed by atoms with Crippen LogP contribution in [0.3, 0.4) is 0 Å². The molecule has 3 nitrogen and oxygen atoms in total. The van der Waals surface area contributed by atoms with Crippen LogP contribution in [0.2, 0.25) is 0 Å². The monoisotopic (exact) mass is 290 g/mol. The smallest absolute Gasteiger partial charge is 0.137 e. The summed E-state index contributed by atoms with van der Waals surface area (Å²) < 4.78 is 5.74. The number of hydrogen-bond donors (Lipinski definition) is 1. The maximum absolute atomic E-state index is 5.74. The Balaban J connectivity index is 2.10. The lowest BCUT2D eigenvalue weighted by Gasteiger charge is -2.25. The van der Waals surface area contributed by atoms with E-state index in [9.17, 15) is 0 Å². The average molecular weight is 290 g/mol. The van der Waals surface area contributed by atoms with Crippen molar-refractivity contribution in [3.8, 4) is 5.75 Å². The van der Waals surface area contributed by atoms with E-state index in [1.165, 1.54) is 31.2 Å². The van der Waals surface area contributed by atoms with Crippen LogP contribution in [-0.4, -0.2) is 18.1 Å². The van der Waals surface area contributed by atoms with E-state index in [4.69, 9.17) is 4.74 Å². The predicted molar refractivity (Wildman–Crippen MR) is 87.6 cm³/mol. The SMILES string of the molecule is CCCOc1cncc(C(NCC)C2CCC(CC)C2)c1. The van der Waals surface area contributed by atoms with Gasteiger partial charge in [-0.15, -0.1) is 0 Å². The number of ether oxygens (including phenoxy) is 1. The lowest BCUT2D eigenvalue weighted by Crippen LogP contribution is -2.27. The fourth-order valence-corrected chi connectivity index (χ4v) is 3.47. The van der Waals surface area contributed by atoms with Gasteiger partial charge in [-0.25, -0.2) is 0 Å². The summed E-state index contributed by atoms with van der Waals surface area (Å²) in [5.41, 5.74) is 1.28. The Morgan fingerprint density at radius 1 is 1.29 bits per heavy atom. The molecule has 0 spiro atoms. The van der Waals surface area contributed by atoms with Gasteiger partial charge in [-0.1, -0.05) is 33.6 Å². The molecule has 3 unspecified atom stereocenters. The van der Waals surface area contributed by atoms with Crippen molar-refractivity contribution < 1.29 is 4.74 Å². The largest absolute Gasteiger partial charge is 0.492 e. The van der Waals surface area contributed by atoms with E-state index in [2.05, 4.69) is 37.1 Å². The minimum atomic E-state index is 0.421. The molecule has 3 heteroatoms. The molecule has 0 saturated heterocycles. The highest BCUT2D eigenvalue weighted by molar-refractivity contribution is 5.26. The third kappa shape index (κ3) is 4.44. The van der Waals surface area contributed by atoms with Gasteiger partial charge in [0.1, 0.15) is 5.75 Å². The van der Waals surface area contributed by atoms with Gasteiger partial charge in [-0.05, 0) is 49.3 Å². The van der Waals surface area contributed by atoms with Gasteiger partial charge in [0.2, 0.25) is 0 Å². The van der Waals surface area contributed by atoms with Gasteiger partial charge in [-0.2, -0.15) is 0 Å². The molecule has 1 aromatic rings. The summed E-state index contributed by atoms with van der Waals surface area (Å²) >= 11 is 0. The molecule has 2 rings (SSSR count). The van der Waals surface area contributed by atoms with Crippen LogP contribution in [0.25, 0.3) is 0 Å². The van der Waals surface area contributed by atoms with Gasteiger partial charge >= 0.3 is 0 Å². The van der Waals surface area contributed by atoms with Gasteiger partial charge < -0.3 is 10.1 Å². The summed E-state index contributed by atoms with van der Waals surface area (Å²) in [7, 11) is 0. The zero-order chi connectivity index (χ0) is 15.1. The lowest BCUT2D eigenvalue weighted by atomic mass is 9.91. The third-order valence-corrected chi connectivity index (χ3v) is 4.62. The van der Waals surface area contributed by atoms with E-state index >= 15 is 0 Å². The van der Waals surface area contributed by atoms with E-state index in [-0.39, 0.29) is 0 Å². The fourth-order valence-electron chi connectivity index (χ4n) is 3.47. The first-order valence-electron chi connectivity index (χ1n) is 8.59. The molecule has 1 fully saturated rings. The van der Waals surface area contributed by atoms with Crippen LogP contribution < -0.4 is 10.1 Å². The number of pyridine rings is 1. The van der Waals surface area contributed by atoms with E-state index in [1.807, 2.05) is 12.4 Å². The minimum Gasteiger partial charge on any atom is -0.492 e. The second kappa shape index (κ2) is 8.38. The molecule has 21 heavy (non-hydrogen) atoms. The molecule has 3 atom stereocenters. The van der Waals surface area contributed by atoms with Crippen molar-refractivity contribution in [3.05, 3.63) is 24.0 Å². The fraction of sp³-hybridized carbons (Fsp3) is 0.722.